The maximum absolute atomic E-state index is 12.1. The maximum atomic E-state index is 12.1. The van der Waals surface area contributed by atoms with Gasteiger partial charge in [-0.15, -0.1) is 22.7 Å². The summed E-state index contributed by atoms with van der Waals surface area (Å²) in [4.78, 5) is 31.4. The quantitative estimate of drug-likeness (QED) is 0.764. The Labute approximate surface area is 150 Å². The van der Waals surface area contributed by atoms with Crippen molar-refractivity contribution in [3.05, 3.63) is 47.4 Å². The van der Waals surface area contributed by atoms with E-state index in [-0.39, 0.29) is 11.3 Å². The van der Waals surface area contributed by atoms with E-state index in [0.29, 0.717) is 9.20 Å². The summed E-state index contributed by atoms with van der Waals surface area (Å²) in [6.45, 7) is 5.56. The predicted octanol–water partition coefficient (Wildman–Crippen LogP) is 2.85. The first-order chi connectivity index (χ1) is 11.3. The third-order valence-electron chi connectivity index (χ3n) is 3.25. The van der Waals surface area contributed by atoms with Gasteiger partial charge in [-0.2, -0.15) is 11.3 Å². The minimum absolute atomic E-state index is 0.0139. The molecule has 124 valence electrons. The topological polar surface area (TPSA) is 62.8 Å². The zero-order valence-corrected chi connectivity index (χ0v) is 15.9. The molecule has 3 aromatic rings. The first-order valence-corrected chi connectivity index (χ1v) is 9.92. The van der Waals surface area contributed by atoms with E-state index >= 15 is 0 Å². The summed E-state index contributed by atoms with van der Waals surface area (Å²) in [5, 5.41) is 6.92. The van der Waals surface area contributed by atoms with Crippen LogP contribution in [0, 0.1) is 5.41 Å². The van der Waals surface area contributed by atoms with Gasteiger partial charge in [0.1, 0.15) is 5.01 Å². The largest absolute Gasteiger partial charge is 0.313 e. The van der Waals surface area contributed by atoms with Crippen LogP contribution < -0.4 is 14.8 Å². The molecule has 7 heteroatoms. The van der Waals surface area contributed by atoms with Crippen LogP contribution in [0.3, 0.4) is 0 Å². The lowest BCUT2D eigenvalue weighted by Gasteiger charge is -2.12. The van der Waals surface area contributed by atoms with Crippen LogP contribution >= 0.6 is 34.0 Å². The van der Waals surface area contributed by atoms with E-state index in [9.17, 15) is 9.59 Å². The highest BCUT2D eigenvalue weighted by Crippen LogP contribution is 2.25. The molecule has 3 heterocycles. The number of carbonyl (C=O) groups excluding carboxylic acids is 1. The van der Waals surface area contributed by atoms with Crippen molar-refractivity contribution in [3.8, 4) is 10.6 Å². The lowest BCUT2D eigenvalue weighted by Crippen LogP contribution is -2.22. The number of Topliss-reactive ketones (excluding diaryl/α,β-unsaturated/α-hetero) is 1. The minimum atomic E-state index is -0.463. The number of nitrogens with zero attached hydrogens (tertiary/aromatic N) is 1. The second kappa shape index (κ2) is 6.58. The van der Waals surface area contributed by atoms with E-state index in [0.717, 1.165) is 16.3 Å². The lowest BCUT2D eigenvalue weighted by atomic mass is 9.91. The third-order valence-corrected chi connectivity index (χ3v) is 5.81. The number of thiophene rings is 1. The van der Waals surface area contributed by atoms with Gasteiger partial charge in [-0.05, 0) is 17.5 Å². The molecule has 0 amide bonds. The van der Waals surface area contributed by atoms with Gasteiger partial charge in [0.05, 0.1) is 14.9 Å². The maximum Gasteiger partial charge on any atom is 0.266 e. The van der Waals surface area contributed by atoms with Crippen molar-refractivity contribution in [2.75, 3.05) is 0 Å². The van der Waals surface area contributed by atoms with E-state index in [4.69, 9.17) is 0 Å². The zero-order valence-electron chi connectivity index (χ0n) is 13.5. The van der Waals surface area contributed by atoms with Crippen molar-refractivity contribution < 1.29 is 4.79 Å². The van der Waals surface area contributed by atoms with E-state index < -0.39 is 5.41 Å². The summed E-state index contributed by atoms with van der Waals surface area (Å²) in [5.74, 6) is -0.0139. The summed E-state index contributed by atoms with van der Waals surface area (Å²) in [6, 6.07) is 2.02. The number of ketones is 1. The second-order valence-electron chi connectivity index (χ2n) is 6.28. The molecule has 0 bridgehead atoms. The molecule has 24 heavy (non-hydrogen) atoms. The van der Waals surface area contributed by atoms with Crippen LogP contribution in [0.15, 0.2) is 27.0 Å². The van der Waals surface area contributed by atoms with Gasteiger partial charge >= 0.3 is 0 Å². The van der Waals surface area contributed by atoms with E-state index in [2.05, 4.69) is 9.97 Å². The number of thiazole rings is 2. The number of carbonyl (C=O) groups is 1. The van der Waals surface area contributed by atoms with Gasteiger partial charge in [0.25, 0.3) is 5.56 Å². The molecule has 0 atom stereocenters. The van der Waals surface area contributed by atoms with E-state index in [1.807, 2.05) is 43.0 Å². The average Bonchev–Trinajstić information content (AvgIpc) is 3.20. The summed E-state index contributed by atoms with van der Waals surface area (Å²) in [5.41, 5.74) is 1.18. The Morgan fingerprint density at radius 3 is 2.75 bits per heavy atom. The molecule has 0 fully saturated rings. The van der Waals surface area contributed by atoms with Crippen molar-refractivity contribution in [3.63, 3.8) is 0 Å². The number of H-pyrrole nitrogens is 1. The van der Waals surface area contributed by atoms with Gasteiger partial charge in [0, 0.05) is 27.8 Å². The number of hydrogen-bond donors (Lipinski definition) is 1. The minimum Gasteiger partial charge on any atom is -0.313 e. The van der Waals surface area contributed by atoms with Crippen LogP contribution in [-0.2, 0) is 4.79 Å². The lowest BCUT2D eigenvalue weighted by molar-refractivity contribution is -0.119. The molecule has 3 aromatic heterocycles. The molecule has 0 aliphatic rings. The SMILES string of the molecule is CC(C)(C)C(=O)/C=c1/[nH]c(=O)/c(=C/c2csc(-c3ccsc3)n2)s1. The van der Waals surface area contributed by atoms with Gasteiger partial charge in [-0.25, -0.2) is 4.98 Å². The smallest absolute Gasteiger partial charge is 0.266 e. The first kappa shape index (κ1) is 17.0. The van der Waals surface area contributed by atoms with Crippen molar-refractivity contribution in [2.24, 2.45) is 5.41 Å². The molecular formula is C17H16N2O2S3. The summed E-state index contributed by atoms with van der Waals surface area (Å²) in [6.07, 6.45) is 3.26. The summed E-state index contributed by atoms with van der Waals surface area (Å²) in [7, 11) is 0. The fraction of sp³-hybridized carbons (Fsp3) is 0.235. The van der Waals surface area contributed by atoms with Gasteiger partial charge in [0.2, 0.25) is 0 Å². The van der Waals surface area contributed by atoms with Crippen LogP contribution in [0.5, 0.6) is 0 Å². The molecule has 0 aliphatic carbocycles. The fourth-order valence-corrected chi connectivity index (χ4v) is 4.22. The van der Waals surface area contributed by atoms with Crippen molar-refractivity contribution >= 4 is 51.9 Å². The normalized spacial score (nSPS) is 13.6. The zero-order chi connectivity index (χ0) is 17.3. The standard InChI is InChI=1S/C17H16N2O2S3/c1-17(2,3)13(20)7-14-19-15(21)12(24-14)6-11-9-23-16(18-11)10-4-5-22-8-10/h4-9H,1-3H3,(H,19,21)/b12-6-,14-7-. The third kappa shape index (κ3) is 3.80. The molecular weight excluding hydrogens is 360 g/mol. The molecule has 0 radical (unpaired) electrons. The number of rotatable bonds is 3. The van der Waals surface area contributed by atoms with Crippen LogP contribution in [-0.4, -0.2) is 15.8 Å². The Balaban J connectivity index is 1.96. The van der Waals surface area contributed by atoms with Crippen molar-refractivity contribution in [2.45, 2.75) is 20.8 Å². The highest BCUT2D eigenvalue weighted by molar-refractivity contribution is 7.14. The highest BCUT2D eigenvalue weighted by Gasteiger charge is 2.18. The van der Waals surface area contributed by atoms with E-state index in [1.54, 1.807) is 28.7 Å². The van der Waals surface area contributed by atoms with Crippen molar-refractivity contribution in [1.82, 2.24) is 9.97 Å². The predicted molar refractivity (Wildman–Crippen MR) is 102 cm³/mol. The van der Waals surface area contributed by atoms with Gasteiger partial charge in [-0.1, -0.05) is 20.8 Å². The molecule has 0 spiro atoms. The molecule has 0 aliphatic heterocycles. The fourth-order valence-electron chi connectivity index (χ4n) is 1.87. The summed E-state index contributed by atoms with van der Waals surface area (Å²) < 4.78 is 1.12. The molecule has 0 saturated heterocycles. The Morgan fingerprint density at radius 1 is 1.29 bits per heavy atom. The Bertz CT molecular complexity index is 1030. The van der Waals surface area contributed by atoms with Crippen LogP contribution in [0.25, 0.3) is 22.7 Å². The summed E-state index contributed by atoms with van der Waals surface area (Å²) >= 11 is 4.45. The van der Waals surface area contributed by atoms with E-state index in [1.165, 1.54) is 17.4 Å². The monoisotopic (exact) mass is 376 g/mol. The van der Waals surface area contributed by atoms with Crippen molar-refractivity contribution in [1.29, 1.82) is 0 Å². The first-order valence-electron chi connectivity index (χ1n) is 7.28. The molecule has 4 nitrogen and oxygen atoms in total. The Hall–Kier alpha value is -1.83. The van der Waals surface area contributed by atoms with Crippen LogP contribution in [0.2, 0.25) is 0 Å². The highest BCUT2D eigenvalue weighted by atomic mass is 32.1. The van der Waals surface area contributed by atoms with Gasteiger partial charge in [-0.3, -0.25) is 9.59 Å². The molecule has 0 saturated carbocycles. The number of nitrogens with one attached hydrogen (secondary N) is 1. The van der Waals surface area contributed by atoms with Gasteiger partial charge in [0.15, 0.2) is 5.78 Å². The number of hydrogen-bond acceptors (Lipinski definition) is 6. The second-order valence-corrected chi connectivity index (χ2v) is 9.00. The van der Waals surface area contributed by atoms with Crippen LogP contribution in [0.1, 0.15) is 26.5 Å². The van der Waals surface area contributed by atoms with Gasteiger partial charge < -0.3 is 4.98 Å². The molecule has 0 unspecified atom stereocenters. The number of aromatic amines is 1. The Kier molecular flexibility index (Phi) is 4.67. The molecule has 1 N–H and O–H groups in total. The number of aromatic nitrogens is 2. The van der Waals surface area contributed by atoms with Crippen LogP contribution in [0.4, 0.5) is 0 Å². The molecule has 3 rings (SSSR count). The average molecular weight is 377 g/mol. The Morgan fingerprint density at radius 2 is 2.08 bits per heavy atom. The molecule has 0 aromatic carbocycles.